The molecule has 0 heterocycles. The van der Waals surface area contributed by atoms with Gasteiger partial charge in [0.15, 0.2) is 17.7 Å². The topological polar surface area (TPSA) is 72.5 Å². The standard InChI is InChI=1S/C12H16FNO3/c1-3-10(12(15)16)17-11-5-4-8(7(2)14)6-9(11)13/h4-7,10H,3,14H2,1-2H3,(H,15,16)/t7-,10?/m0/s1. The van der Waals surface area contributed by atoms with Gasteiger partial charge >= 0.3 is 5.97 Å². The van der Waals surface area contributed by atoms with Gasteiger partial charge in [0.25, 0.3) is 0 Å². The number of rotatable bonds is 5. The van der Waals surface area contributed by atoms with Crippen molar-refractivity contribution in [3.05, 3.63) is 29.6 Å². The third-order valence-electron chi connectivity index (χ3n) is 2.40. The van der Waals surface area contributed by atoms with Crippen LogP contribution in [0.4, 0.5) is 4.39 Å². The summed E-state index contributed by atoms with van der Waals surface area (Å²) in [6.07, 6.45) is -0.769. The quantitative estimate of drug-likeness (QED) is 0.827. The van der Waals surface area contributed by atoms with Crippen LogP contribution in [0.15, 0.2) is 18.2 Å². The lowest BCUT2D eigenvalue weighted by molar-refractivity contribution is -0.145. The molecule has 0 bridgehead atoms. The molecule has 2 atom stereocenters. The Kier molecular flexibility index (Phi) is 4.45. The molecule has 0 fully saturated rings. The molecule has 0 aliphatic heterocycles. The molecule has 1 unspecified atom stereocenters. The summed E-state index contributed by atoms with van der Waals surface area (Å²) in [5.74, 6) is -1.77. The van der Waals surface area contributed by atoms with E-state index in [1.807, 2.05) is 0 Å². The van der Waals surface area contributed by atoms with Crippen LogP contribution in [-0.4, -0.2) is 17.2 Å². The molecule has 1 aromatic rings. The molecule has 1 aromatic carbocycles. The number of aliphatic carboxylic acids is 1. The zero-order valence-corrected chi connectivity index (χ0v) is 9.81. The number of nitrogens with two attached hydrogens (primary N) is 1. The van der Waals surface area contributed by atoms with E-state index in [9.17, 15) is 9.18 Å². The maximum absolute atomic E-state index is 13.6. The summed E-state index contributed by atoms with van der Waals surface area (Å²) in [7, 11) is 0. The van der Waals surface area contributed by atoms with Crippen molar-refractivity contribution in [3.63, 3.8) is 0 Å². The monoisotopic (exact) mass is 241 g/mol. The van der Waals surface area contributed by atoms with Crippen molar-refractivity contribution in [2.45, 2.75) is 32.4 Å². The molecule has 0 aliphatic rings. The highest BCUT2D eigenvalue weighted by molar-refractivity contribution is 5.72. The van der Waals surface area contributed by atoms with Crippen LogP contribution < -0.4 is 10.5 Å². The molecule has 0 spiro atoms. The third-order valence-corrected chi connectivity index (χ3v) is 2.40. The minimum atomic E-state index is -1.11. The molecule has 0 saturated heterocycles. The average molecular weight is 241 g/mol. The first-order chi connectivity index (χ1) is 7.95. The van der Waals surface area contributed by atoms with E-state index >= 15 is 0 Å². The molecule has 1 rings (SSSR count). The Balaban J connectivity index is 2.89. The van der Waals surface area contributed by atoms with E-state index in [4.69, 9.17) is 15.6 Å². The average Bonchev–Trinajstić information content (AvgIpc) is 2.26. The molecule has 5 heteroatoms. The fourth-order valence-corrected chi connectivity index (χ4v) is 1.36. The largest absolute Gasteiger partial charge is 0.479 e. The second-order valence-electron chi connectivity index (χ2n) is 3.83. The van der Waals surface area contributed by atoms with Crippen molar-refractivity contribution in [1.82, 2.24) is 0 Å². The number of halogens is 1. The molecule has 94 valence electrons. The zero-order valence-electron chi connectivity index (χ0n) is 9.81. The van der Waals surface area contributed by atoms with Crippen LogP contribution in [0.25, 0.3) is 0 Å². The number of ether oxygens (including phenoxy) is 1. The highest BCUT2D eigenvalue weighted by Gasteiger charge is 2.18. The Bertz CT molecular complexity index is 407. The number of carboxylic acids is 1. The van der Waals surface area contributed by atoms with Gasteiger partial charge in [0.2, 0.25) is 0 Å². The third kappa shape index (κ3) is 3.42. The molecular formula is C12H16FNO3. The summed E-state index contributed by atoms with van der Waals surface area (Å²) < 4.78 is 18.7. The smallest absolute Gasteiger partial charge is 0.344 e. The Morgan fingerprint density at radius 1 is 1.59 bits per heavy atom. The number of carboxylic acid groups (broad SMARTS) is 1. The van der Waals surface area contributed by atoms with Crippen molar-refractivity contribution < 1.29 is 19.0 Å². The predicted octanol–water partition coefficient (Wildman–Crippen LogP) is 2.09. The first-order valence-electron chi connectivity index (χ1n) is 5.40. The van der Waals surface area contributed by atoms with Crippen LogP contribution >= 0.6 is 0 Å². The second kappa shape index (κ2) is 5.63. The Morgan fingerprint density at radius 2 is 2.24 bits per heavy atom. The number of hydrogen-bond acceptors (Lipinski definition) is 3. The zero-order chi connectivity index (χ0) is 13.0. The van der Waals surface area contributed by atoms with E-state index in [1.54, 1.807) is 19.9 Å². The lowest BCUT2D eigenvalue weighted by Gasteiger charge is -2.14. The van der Waals surface area contributed by atoms with Crippen LogP contribution in [0.5, 0.6) is 5.75 Å². The summed E-state index contributed by atoms with van der Waals surface area (Å²) in [6, 6.07) is 4.01. The minimum absolute atomic E-state index is 0.0661. The van der Waals surface area contributed by atoms with Crippen LogP contribution in [-0.2, 0) is 4.79 Å². The van der Waals surface area contributed by atoms with Crippen LogP contribution in [0.2, 0.25) is 0 Å². The summed E-state index contributed by atoms with van der Waals surface area (Å²) in [5, 5.41) is 8.80. The van der Waals surface area contributed by atoms with Crippen molar-refractivity contribution in [2.24, 2.45) is 5.73 Å². The number of benzene rings is 1. The molecule has 3 N–H and O–H groups in total. The molecule has 0 aromatic heterocycles. The van der Waals surface area contributed by atoms with Gasteiger partial charge in [-0.05, 0) is 31.0 Å². The van der Waals surface area contributed by atoms with Crippen molar-refractivity contribution in [3.8, 4) is 5.75 Å². The van der Waals surface area contributed by atoms with Crippen molar-refractivity contribution in [1.29, 1.82) is 0 Å². The Labute approximate surface area is 99.2 Å². The number of carbonyl (C=O) groups is 1. The van der Waals surface area contributed by atoms with E-state index in [-0.39, 0.29) is 18.2 Å². The van der Waals surface area contributed by atoms with Crippen LogP contribution in [0, 0.1) is 5.82 Å². The molecule has 17 heavy (non-hydrogen) atoms. The lowest BCUT2D eigenvalue weighted by Crippen LogP contribution is -2.26. The summed E-state index contributed by atoms with van der Waals surface area (Å²) in [4.78, 5) is 10.8. The van der Waals surface area contributed by atoms with Gasteiger partial charge in [-0.1, -0.05) is 13.0 Å². The van der Waals surface area contributed by atoms with Gasteiger partial charge in [0, 0.05) is 6.04 Å². The summed E-state index contributed by atoms with van der Waals surface area (Å²) in [6.45, 7) is 3.40. The van der Waals surface area contributed by atoms with Gasteiger partial charge in [0.1, 0.15) is 0 Å². The van der Waals surface area contributed by atoms with E-state index < -0.39 is 17.9 Å². The Morgan fingerprint density at radius 3 is 2.65 bits per heavy atom. The highest BCUT2D eigenvalue weighted by atomic mass is 19.1. The molecule has 0 amide bonds. The van der Waals surface area contributed by atoms with E-state index in [0.29, 0.717) is 5.56 Å². The van der Waals surface area contributed by atoms with Crippen LogP contribution in [0.3, 0.4) is 0 Å². The van der Waals surface area contributed by atoms with Gasteiger partial charge in [-0.3, -0.25) is 0 Å². The highest BCUT2D eigenvalue weighted by Crippen LogP contribution is 2.22. The van der Waals surface area contributed by atoms with Crippen molar-refractivity contribution >= 4 is 5.97 Å². The fraction of sp³-hybridized carbons (Fsp3) is 0.417. The van der Waals surface area contributed by atoms with E-state index in [0.717, 1.165) is 0 Å². The first kappa shape index (κ1) is 13.4. The van der Waals surface area contributed by atoms with Gasteiger partial charge in [-0.25, -0.2) is 9.18 Å². The van der Waals surface area contributed by atoms with E-state index in [1.165, 1.54) is 12.1 Å². The molecule has 0 saturated carbocycles. The molecular weight excluding hydrogens is 225 g/mol. The van der Waals surface area contributed by atoms with Gasteiger partial charge in [0.05, 0.1) is 0 Å². The lowest BCUT2D eigenvalue weighted by atomic mass is 10.1. The summed E-state index contributed by atoms with van der Waals surface area (Å²) >= 11 is 0. The SMILES string of the molecule is CCC(Oc1ccc([C@H](C)N)cc1F)C(=O)O. The van der Waals surface area contributed by atoms with Gasteiger partial charge in [-0.2, -0.15) is 0 Å². The van der Waals surface area contributed by atoms with Gasteiger partial charge in [-0.15, -0.1) is 0 Å². The normalized spacial score (nSPS) is 14.1. The molecule has 0 aliphatic carbocycles. The Hall–Kier alpha value is -1.62. The minimum Gasteiger partial charge on any atom is -0.479 e. The molecule has 4 nitrogen and oxygen atoms in total. The molecule has 0 radical (unpaired) electrons. The maximum atomic E-state index is 13.6. The van der Waals surface area contributed by atoms with Gasteiger partial charge < -0.3 is 15.6 Å². The number of hydrogen-bond donors (Lipinski definition) is 2. The second-order valence-corrected chi connectivity index (χ2v) is 3.83. The first-order valence-corrected chi connectivity index (χ1v) is 5.40. The maximum Gasteiger partial charge on any atom is 0.344 e. The van der Waals surface area contributed by atoms with E-state index in [2.05, 4.69) is 0 Å². The predicted molar refractivity (Wildman–Crippen MR) is 61.3 cm³/mol. The fourth-order valence-electron chi connectivity index (χ4n) is 1.36. The van der Waals surface area contributed by atoms with Crippen molar-refractivity contribution in [2.75, 3.05) is 0 Å². The summed E-state index contributed by atoms with van der Waals surface area (Å²) in [5.41, 5.74) is 6.24. The van der Waals surface area contributed by atoms with Crippen LogP contribution in [0.1, 0.15) is 31.9 Å².